The van der Waals surface area contributed by atoms with Crippen molar-refractivity contribution in [3.63, 3.8) is 0 Å². The third-order valence-corrected chi connectivity index (χ3v) is 6.13. The lowest BCUT2D eigenvalue weighted by molar-refractivity contribution is 0.0200. The molecular weight excluding hydrogens is 256 g/mol. The van der Waals surface area contributed by atoms with Crippen molar-refractivity contribution in [2.24, 2.45) is 23.7 Å². The Morgan fingerprint density at radius 2 is 1.86 bits per heavy atom. The third kappa shape index (κ3) is 4.45. The predicted octanol–water partition coefficient (Wildman–Crippen LogP) is 3.91. The first-order chi connectivity index (χ1) is 10.1. The Bertz CT molecular complexity index is 324. The lowest BCUT2D eigenvalue weighted by Gasteiger charge is -2.48. The molecule has 1 N–H and O–H groups in total. The molecule has 3 rings (SSSR count). The highest BCUT2D eigenvalue weighted by atomic mass is 15.2. The van der Waals surface area contributed by atoms with E-state index in [1.54, 1.807) is 0 Å². The SMILES string of the molecule is CC(C)CCNC1CC(CC2CC2)CN(C2CCC2C)C1. The van der Waals surface area contributed by atoms with E-state index in [1.807, 2.05) is 0 Å². The maximum atomic E-state index is 3.88. The second-order valence-electron chi connectivity index (χ2n) is 8.69. The molecule has 0 aromatic heterocycles. The molecule has 21 heavy (non-hydrogen) atoms. The smallest absolute Gasteiger partial charge is 0.0198 e. The maximum Gasteiger partial charge on any atom is 0.0198 e. The fraction of sp³-hybridized carbons (Fsp3) is 1.00. The van der Waals surface area contributed by atoms with Gasteiger partial charge >= 0.3 is 0 Å². The molecule has 2 aliphatic carbocycles. The standard InChI is InChI=1S/C19H36N2/c1-14(2)8-9-20-18-11-17(10-16-5-6-16)12-21(13-18)19-7-4-15(19)3/h14-20H,4-13H2,1-3H3. The summed E-state index contributed by atoms with van der Waals surface area (Å²) in [5.74, 6) is 3.83. The number of likely N-dealkylation sites (tertiary alicyclic amines) is 1. The molecule has 0 amide bonds. The summed E-state index contributed by atoms with van der Waals surface area (Å²) in [7, 11) is 0. The van der Waals surface area contributed by atoms with E-state index in [0.29, 0.717) is 0 Å². The van der Waals surface area contributed by atoms with E-state index in [-0.39, 0.29) is 0 Å². The summed E-state index contributed by atoms with van der Waals surface area (Å²) in [4.78, 5) is 2.86. The Balaban J connectivity index is 1.51. The Labute approximate surface area is 132 Å². The zero-order chi connectivity index (χ0) is 14.8. The molecule has 0 spiro atoms. The summed E-state index contributed by atoms with van der Waals surface area (Å²) in [5, 5.41) is 3.88. The molecule has 122 valence electrons. The van der Waals surface area contributed by atoms with Gasteiger partial charge in [0.25, 0.3) is 0 Å². The molecule has 4 unspecified atom stereocenters. The van der Waals surface area contributed by atoms with Gasteiger partial charge in [-0.1, -0.05) is 33.6 Å². The van der Waals surface area contributed by atoms with Crippen molar-refractivity contribution in [2.75, 3.05) is 19.6 Å². The van der Waals surface area contributed by atoms with Gasteiger partial charge < -0.3 is 5.32 Å². The quantitative estimate of drug-likeness (QED) is 0.765. The number of nitrogens with one attached hydrogen (secondary N) is 1. The first-order valence-corrected chi connectivity index (χ1v) is 9.59. The molecule has 0 aromatic rings. The molecule has 3 aliphatic rings. The Kier molecular flexibility index (Phi) is 5.27. The molecule has 0 bridgehead atoms. The van der Waals surface area contributed by atoms with Crippen molar-refractivity contribution < 1.29 is 0 Å². The zero-order valence-electron chi connectivity index (χ0n) is 14.5. The van der Waals surface area contributed by atoms with Crippen LogP contribution >= 0.6 is 0 Å². The van der Waals surface area contributed by atoms with Gasteiger partial charge in [0.05, 0.1) is 0 Å². The number of rotatable bonds is 7. The van der Waals surface area contributed by atoms with Gasteiger partial charge in [-0.05, 0) is 62.3 Å². The molecule has 1 aliphatic heterocycles. The molecule has 1 saturated heterocycles. The summed E-state index contributed by atoms with van der Waals surface area (Å²) in [6.45, 7) is 11.1. The van der Waals surface area contributed by atoms with Crippen LogP contribution in [0.3, 0.4) is 0 Å². The minimum Gasteiger partial charge on any atom is -0.313 e. The fourth-order valence-electron chi connectivity index (χ4n) is 4.42. The molecule has 2 nitrogen and oxygen atoms in total. The van der Waals surface area contributed by atoms with Crippen molar-refractivity contribution in [3.8, 4) is 0 Å². The van der Waals surface area contributed by atoms with Gasteiger partial charge in [0, 0.05) is 25.2 Å². The van der Waals surface area contributed by atoms with Crippen LogP contribution < -0.4 is 5.32 Å². The Morgan fingerprint density at radius 1 is 1.05 bits per heavy atom. The van der Waals surface area contributed by atoms with E-state index in [2.05, 4.69) is 31.0 Å². The monoisotopic (exact) mass is 292 g/mol. The predicted molar refractivity (Wildman–Crippen MR) is 90.5 cm³/mol. The summed E-state index contributed by atoms with van der Waals surface area (Å²) in [6.07, 6.45) is 10.2. The van der Waals surface area contributed by atoms with Crippen LogP contribution in [0.4, 0.5) is 0 Å². The first kappa shape index (κ1) is 15.8. The molecule has 1 heterocycles. The second kappa shape index (κ2) is 7.00. The molecular formula is C19H36N2. The zero-order valence-corrected chi connectivity index (χ0v) is 14.5. The Morgan fingerprint density at radius 3 is 2.43 bits per heavy atom. The normalized spacial score (nSPS) is 37.7. The number of hydrogen-bond donors (Lipinski definition) is 1. The van der Waals surface area contributed by atoms with Crippen LogP contribution in [0.2, 0.25) is 0 Å². The number of nitrogens with zero attached hydrogens (tertiary/aromatic N) is 1. The van der Waals surface area contributed by atoms with Gasteiger partial charge in [-0.3, -0.25) is 4.90 Å². The van der Waals surface area contributed by atoms with Gasteiger partial charge in [-0.25, -0.2) is 0 Å². The molecule has 2 heteroatoms. The average molecular weight is 293 g/mol. The van der Waals surface area contributed by atoms with Crippen LogP contribution in [-0.2, 0) is 0 Å². The van der Waals surface area contributed by atoms with Crippen LogP contribution in [0.25, 0.3) is 0 Å². The summed E-state index contributed by atoms with van der Waals surface area (Å²) in [6, 6.07) is 1.66. The summed E-state index contributed by atoms with van der Waals surface area (Å²) < 4.78 is 0. The van der Waals surface area contributed by atoms with Crippen LogP contribution in [0.15, 0.2) is 0 Å². The second-order valence-corrected chi connectivity index (χ2v) is 8.69. The van der Waals surface area contributed by atoms with Crippen molar-refractivity contribution in [1.82, 2.24) is 10.2 Å². The minimum absolute atomic E-state index is 0.758. The van der Waals surface area contributed by atoms with Gasteiger partial charge in [-0.15, -0.1) is 0 Å². The topological polar surface area (TPSA) is 15.3 Å². The largest absolute Gasteiger partial charge is 0.313 e. The van der Waals surface area contributed by atoms with Crippen molar-refractivity contribution >= 4 is 0 Å². The van der Waals surface area contributed by atoms with Gasteiger partial charge in [0.15, 0.2) is 0 Å². The highest BCUT2D eigenvalue weighted by Crippen LogP contribution is 2.40. The fourth-order valence-corrected chi connectivity index (χ4v) is 4.42. The van der Waals surface area contributed by atoms with E-state index in [9.17, 15) is 0 Å². The molecule has 4 atom stereocenters. The molecule has 2 saturated carbocycles. The maximum absolute atomic E-state index is 3.88. The minimum atomic E-state index is 0.758. The number of hydrogen-bond acceptors (Lipinski definition) is 2. The van der Waals surface area contributed by atoms with Crippen molar-refractivity contribution in [1.29, 1.82) is 0 Å². The molecule has 0 aromatic carbocycles. The van der Waals surface area contributed by atoms with Gasteiger partial charge in [-0.2, -0.15) is 0 Å². The molecule has 0 radical (unpaired) electrons. The van der Waals surface area contributed by atoms with Gasteiger partial charge in [0.1, 0.15) is 0 Å². The van der Waals surface area contributed by atoms with Gasteiger partial charge in [0.2, 0.25) is 0 Å². The van der Waals surface area contributed by atoms with E-state index in [0.717, 1.165) is 35.8 Å². The Hall–Kier alpha value is -0.0800. The number of piperidine rings is 1. The van der Waals surface area contributed by atoms with Crippen LogP contribution in [0, 0.1) is 23.7 Å². The van der Waals surface area contributed by atoms with Crippen LogP contribution in [0.5, 0.6) is 0 Å². The highest BCUT2D eigenvalue weighted by molar-refractivity contribution is 4.94. The average Bonchev–Trinajstić information content (AvgIpc) is 3.20. The van der Waals surface area contributed by atoms with Crippen LogP contribution in [0.1, 0.15) is 65.7 Å². The lowest BCUT2D eigenvalue weighted by atomic mass is 9.77. The van der Waals surface area contributed by atoms with E-state index in [1.165, 1.54) is 64.6 Å². The summed E-state index contributed by atoms with van der Waals surface area (Å²) in [5.41, 5.74) is 0. The first-order valence-electron chi connectivity index (χ1n) is 9.59. The van der Waals surface area contributed by atoms with E-state index < -0.39 is 0 Å². The third-order valence-electron chi connectivity index (χ3n) is 6.13. The van der Waals surface area contributed by atoms with Crippen molar-refractivity contribution in [2.45, 2.75) is 77.8 Å². The highest BCUT2D eigenvalue weighted by Gasteiger charge is 2.38. The molecule has 3 fully saturated rings. The van der Waals surface area contributed by atoms with E-state index >= 15 is 0 Å². The van der Waals surface area contributed by atoms with Crippen molar-refractivity contribution in [3.05, 3.63) is 0 Å². The lowest BCUT2D eigenvalue weighted by Crippen LogP contribution is -2.56. The van der Waals surface area contributed by atoms with Crippen LogP contribution in [-0.4, -0.2) is 36.6 Å². The van der Waals surface area contributed by atoms with E-state index in [4.69, 9.17) is 0 Å². The summed E-state index contributed by atoms with van der Waals surface area (Å²) >= 11 is 0.